The van der Waals surface area contributed by atoms with Crippen molar-refractivity contribution in [2.24, 2.45) is 0 Å². The van der Waals surface area contributed by atoms with Gasteiger partial charge in [0.2, 0.25) is 5.91 Å². The first-order chi connectivity index (χ1) is 7.50. The number of carbonyl (C=O) groups excluding carboxylic acids is 1. The Morgan fingerprint density at radius 1 is 1.19 bits per heavy atom. The lowest BCUT2D eigenvalue weighted by Gasteiger charge is -2.19. The maximum absolute atomic E-state index is 11.7. The van der Waals surface area contributed by atoms with Crippen LogP contribution in [-0.2, 0) is 9.59 Å². The van der Waals surface area contributed by atoms with Crippen LogP contribution in [0.4, 0.5) is 0 Å². The molecule has 1 fully saturated rings. The first kappa shape index (κ1) is 13.0. The van der Waals surface area contributed by atoms with Crippen molar-refractivity contribution >= 4 is 11.9 Å². The summed E-state index contributed by atoms with van der Waals surface area (Å²) in [5.74, 6) is -1.06. The molecule has 1 saturated carbocycles. The molecule has 1 aliphatic rings. The van der Waals surface area contributed by atoms with Crippen LogP contribution in [0.5, 0.6) is 0 Å². The predicted molar refractivity (Wildman–Crippen MR) is 60.1 cm³/mol. The van der Waals surface area contributed by atoms with E-state index in [1.54, 1.807) is 6.92 Å². The minimum atomic E-state index is -0.944. The number of hydrogen-bond acceptors (Lipinski definition) is 3. The van der Waals surface area contributed by atoms with Gasteiger partial charge in [0.1, 0.15) is 6.04 Å². The molecule has 0 saturated heterocycles. The van der Waals surface area contributed by atoms with Crippen LogP contribution in [0.1, 0.15) is 39.5 Å². The number of carboxylic acids is 1. The highest BCUT2D eigenvalue weighted by atomic mass is 16.4. The van der Waals surface area contributed by atoms with E-state index in [0.717, 1.165) is 25.7 Å². The molecule has 0 bridgehead atoms. The number of carbonyl (C=O) groups is 2. The van der Waals surface area contributed by atoms with Crippen molar-refractivity contribution in [3.63, 3.8) is 0 Å². The summed E-state index contributed by atoms with van der Waals surface area (Å²) in [6.45, 7) is 3.21. The first-order valence-corrected chi connectivity index (χ1v) is 5.80. The van der Waals surface area contributed by atoms with Gasteiger partial charge in [-0.15, -0.1) is 0 Å². The number of amides is 1. The van der Waals surface area contributed by atoms with E-state index in [-0.39, 0.29) is 11.9 Å². The summed E-state index contributed by atoms with van der Waals surface area (Å²) in [5.41, 5.74) is 0. The van der Waals surface area contributed by atoms with Gasteiger partial charge in [-0.1, -0.05) is 12.8 Å². The second-order valence-corrected chi connectivity index (χ2v) is 4.44. The number of hydrogen-bond donors (Lipinski definition) is 3. The molecule has 92 valence electrons. The fourth-order valence-corrected chi connectivity index (χ4v) is 1.92. The molecule has 0 spiro atoms. The molecule has 0 radical (unpaired) electrons. The van der Waals surface area contributed by atoms with E-state index in [1.165, 1.54) is 6.92 Å². The maximum atomic E-state index is 11.7. The van der Waals surface area contributed by atoms with E-state index < -0.39 is 18.1 Å². The van der Waals surface area contributed by atoms with Gasteiger partial charge in [-0.3, -0.25) is 14.9 Å². The van der Waals surface area contributed by atoms with E-state index in [2.05, 4.69) is 10.6 Å². The van der Waals surface area contributed by atoms with E-state index >= 15 is 0 Å². The van der Waals surface area contributed by atoms with Crippen LogP contribution < -0.4 is 10.6 Å². The topological polar surface area (TPSA) is 78.4 Å². The maximum Gasteiger partial charge on any atom is 0.320 e. The Labute approximate surface area is 95.6 Å². The third-order valence-corrected chi connectivity index (χ3v) is 2.97. The molecular formula is C11H20N2O3. The number of rotatable bonds is 5. The third kappa shape index (κ3) is 3.81. The molecule has 0 aromatic carbocycles. The Morgan fingerprint density at radius 2 is 1.75 bits per heavy atom. The molecule has 1 rings (SSSR count). The average Bonchev–Trinajstić information content (AvgIpc) is 2.69. The first-order valence-electron chi connectivity index (χ1n) is 5.80. The van der Waals surface area contributed by atoms with Crippen LogP contribution in [0.15, 0.2) is 0 Å². The highest BCUT2D eigenvalue weighted by molar-refractivity contribution is 5.82. The molecule has 3 N–H and O–H groups in total. The van der Waals surface area contributed by atoms with Gasteiger partial charge >= 0.3 is 5.97 Å². The molecule has 0 aromatic rings. The molecule has 0 heterocycles. The summed E-state index contributed by atoms with van der Waals surface area (Å²) in [4.78, 5) is 22.3. The minimum Gasteiger partial charge on any atom is -0.480 e. The van der Waals surface area contributed by atoms with Crippen LogP contribution in [0.25, 0.3) is 0 Å². The van der Waals surface area contributed by atoms with Crippen molar-refractivity contribution in [3.05, 3.63) is 0 Å². The minimum absolute atomic E-state index is 0.111. The van der Waals surface area contributed by atoms with Crippen molar-refractivity contribution in [1.29, 1.82) is 0 Å². The molecule has 1 aliphatic carbocycles. The summed E-state index contributed by atoms with van der Waals surface area (Å²) in [7, 11) is 0. The van der Waals surface area contributed by atoms with Crippen LogP contribution in [-0.4, -0.2) is 35.1 Å². The van der Waals surface area contributed by atoms with Crippen LogP contribution >= 0.6 is 0 Å². The van der Waals surface area contributed by atoms with Gasteiger partial charge in [0.15, 0.2) is 0 Å². The van der Waals surface area contributed by atoms with Gasteiger partial charge in [0.05, 0.1) is 6.04 Å². The van der Waals surface area contributed by atoms with Gasteiger partial charge in [0.25, 0.3) is 0 Å². The van der Waals surface area contributed by atoms with Crippen LogP contribution in [0.2, 0.25) is 0 Å². The summed E-state index contributed by atoms with van der Waals surface area (Å²) in [5, 5.41) is 14.4. The van der Waals surface area contributed by atoms with Crippen molar-refractivity contribution in [2.75, 3.05) is 0 Å². The third-order valence-electron chi connectivity index (χ3n) is 2.97. The van der Waals surface area contributed by atoms with E-state index in [4.69, 9.17) is 5.11 Å². The van der Waals surface area contributed by atoms with Gasteiger partial charge in [-0.2, -0.15) is 0 Å². The predicted octanol–water partition coefficient (Wildman–Crippen LogP) is 0.496. The lowest BCUT2D eigenvalue weighted by Crippen LogP contribution is -2.50. The highest BCUT2D eigenvalue weighted by Crippen LogP contribution is 2.17. The molecule has 0 aliphatic heterocycles. The largest absolute Gasteiger partial charge is 0.480 e. The number of nitrogens with one attached hydrogen (secondary N) is 2. The second-order valence-electron chi connectivity index (χ2n) is 4.44. The quantitative estimate of drug-likeness (QED) is 0.640. The standard InChI is InChI=1S/C11H20N2O3/c1-7(12-8(2)11(15)16)10(14)13-9-5-3-4-6-9/h7-9,12H,3-6H2,1-2H3,(H,13,14)(H,15,16)/t7?,8-/m0/s1. The summed E-state index contributed by atoms with van der Waals surface area (Å²) in [6, 6.07) is -0.895. The smallest absolute Gasteiger partial charge is 0.320 e. The molecule has 0 aromatic heterocycles. The lowest BCUT2D eigenvalue weighted by atomic mass is 10.2. The van der Waals surface area contributed by atoms with E-state index in [1.807, 2.05) is 0 Å². The van der Waals surface area contributed by atoms with Crippen molar-refractivity contribution < 1.29 is 14.7 Å². The fourth-order valence-electron chi connectivity index (χ4n) is 1.92. The lowest BCUT2D eigenvalue weighted by molar-refractivity contribution is -0.139. The zero-order valence-electron chi connectivity index (χ0n) is 9.82. The molecule has 5 heteroatoms. The summed E-state index contributed by atoms with van der Waals surface area (Å²) >= 11 is 0. The van der Waals surface area contributed by atoms with Gasteiger partial charge < -0.3 is 10.4 Å². The molecule has 5 nitrogen and oxygen atoms in total. The average molecular weight is 228 g/mol. The molecule has 1 unspecified atom stereocenters. The van der Waals surface area contributed by atoms with Crippen LogP contribution in [0.3, 0.4) is 0 Å². The monoisotopic (exact) mass is 228 g/mol. The molecule has 2 atom stereocenters. The fraction of sp³-hybridized carbons (Fsp3) is 0.818. The highest BCUT2D eigenvalue weighted by Gasteiger charge is 2.22. The van der Waals surface area contributed by atoms with E-state index in [9.17, 15) is 9.59 Å². The van der Waals surface area contributed by atoms with Crippen LogP contribution in [0, 0.1) is 0 Å². The normalized spacial score (nSPS) is 20.4. The molecule has 1 amide bonds. The Kier molecular flexibility index (Phi) is 4.73. The van der Waals surface area contributed by atoms with Gasteiger partial charge in [0, 0.05) is 6.04 Å². The Bertz CT molecular complexity index is 262. The van der Waals surface area contributed by atoms with Crippen molar-refractivity contribution in [3.8, 4) is 0 Å². The van der Waals surface area contributed by atoms with Crippen molar-refractivity contribution in [2.45, 2.75) is 57.7 Å². The molecular weight excluding hydrogens is 208 g/mol. The summed E-state index contributed by atoms with van der Waals surface area (Å²) < 4.78 is 0. The summed E-state index contributed by atoms with van der Waals surface area (Å²) in [6.07, 6.45) is 4.40. The van der Waals surface area contributed by atoms with Crippen molar-refractivity contribution in [1.82, 2.24) is 10.6 Å². The zero-order chi connectivity index (χ0) is 12.1. The number of aliphatic carboxylic acids is 1. The Balaban J connectivity index is 2.32. The molecule has 16 heavy (non-hydrogen) atoms. The second kappa shape index (κ2) is 5.84. The van der Waals surface area contributed by atoms with Gasteiger partial charge in [-0.05, 0) is 26.7 Å². The number of carboxylic acid groups (broad SMARTS) is 1. The Morgan fingerprint density at radius 3 is 2.25 bits per heavy atom. The van der Waals surface area contributed by atoms with Gasteiger partial charge in [-0.25, -0.2) is 0 Å². The SMILES string of the molecule is CC(N[C@@H](C)C(=O)O)C(=O)NC1CCCC1. The Hall–Kier alpha value is -1.10. The van der Waals surface area contributed by atoms with E-state index in [0.29, 0.717) is 0 Å². The zero-order valence-corrected chi connectivity index (χ0v) is 9.82.